The van der Waals surface area contributed by atoms with Crippen molar-refractivity contribution in [2.45, 2.75) is 37.3 Å². The topological polar surface area (TPSA) is 226 Å². The maximum Gasteiger partial charge on any atom is 0.481 e. The van der Waals surface area contributed by atoms with E-state index in [0.717, 1.165) is 5.56 Å². The average molecular weight is 648 g/mol. The Morgan fingerprint density at radius 1 is 0.909 bits per heavy atom. The van der Waals surface area contributed by atoms with E-state index in [2.05, 4.69) is 29.9 Å². The van der Waals surface area contributed by atoms with Crippen molar-refractivity contribution in [1.29, 1.82) is 0 Å². The Kier molecular flexibility index (Phi) is 8.59. The predicted octanol–water partition coefficient (Wildman–Crippen LogP) is 2.95. The molecule has 19 heteroatoms. The quantitative estimate of drug-likeness (QED) is 0.156. The second-order valence-electron chi connectivity index (χ2n) is 9.71. The number of carbonyl (C=O) groups excluding carboxylic acids is 1. The summed E-state index contributed by atoms with van der Waals surface area (Å²) >= 11 is 0. The third kappa shape index (κ3) is 7.03. The number of hydrogen-bond donors (Lipinski definition) is 5. The maximum atomic E-state index is 12.6. The Labute approximate surface area is 249 Å². The van der Waals surface area contributed by atoms with E-state index in [1.807, 2.05) is 36.4 Å². The Morgan fingerprint density at radius 3 is 2.34 bits per heavy atom. The van der Waals surface area contributed by atoms with Crippen LogP contribution in [0.5, 0.6) is 0 Å². The third-order valence-electron chi connectivity index (χ3n) is 6.66. The van der Waals surface area contributed by atoms with Gasteiger partial charge in [0.2, 0.25) is 0 Å². The lowest BCUT2D eigenvalue weighted by Gasteiger charge is -2.22. The van der Waals surface area contributed by atoms with E-state index in [-0.39, 0.29) is 17.0 Å². The summed E-state index contributed by atoms with van der Waals surface area (Å²) in [6, 6.07) is 17.7. The standard InChI is InChI=1S/C25H26N6O11P2/c32-25(29-16-9-5-2-6-10-16)30-22-19-23(27-13-26-22)31(14-28-19)24-21-20(40-18(41-21)11-15-7-3-1-4-8-15)17(39-24)12-38-44(36,37)42-43(33,34)35/h1-10,13-14,17-18,20-21,24H,11-12H2,(H,36,37)(H2,33,34,35)(H2,26,27,29,30,32)/t17-,18?,20-,21-,24-/m1/s1. The second kappa shape index (κ2) is 12.4. The molecule has 2 aromatic heterocycles. The first-order valence-corrected chi connectivity index (χ1v) is 16.1. The number of carbonyl (C=O) groups is 1. The van der Waals surface area contributed by atoms with E-state index in [1.165, 1.54) is 17.2 Å². The normalized spacial score (nSPS) is 24.6. The van der Waals surface area contributed by atoms with Gasteiger partial charge in [0.15, 0.2) is 29.5 Å². The van der Waals surface area contributed by atoms with Crippen LogP contribution < -0.4 is 10.6 Å². The molecule has 2 aliphatic rings. The van der Waals surface area contributed by atoms with E-state index >= 15 is 0 Å². The summed E-state index contributed by atoms with van der Waals surface area (Å²) in [4.78, 5) is 53.1. The third-order valence-corrected chi connectivity index (χ3v) is 8.81. The molecule has 6 rings (SSSR count). The lowest BCUT2D eigenvalue weighted by atomic mass is 10.1. The summed E-state index contributed by atoms with van der Waals surface area (Å²) in [5, 5.41) is 5.35. The summed E-state index contributed by atoms with van der Waals surface area (Å²) in [6.07, 6.45) is -1.31. The predicted molar refractivity (Wildman–Crippen MR) is 151 cm³/mol. The second-order valence-corrected chi connectivity index (χ2v) is 12.5. The van der Waals surface area contributed by atoms with Crippen molar-refractivity contribution in [3.63, 3.8) is 0 Å². The molecule has 6 atom stereocenters. The van der Waals surface area contributed by atoms with Gasteiger partial charge in [-0.05, 0) is 17.7 Å². The number of hydrogen-bond acceptors (Lipinski definition) is 11. The number of nitrogens with one attached hydrogen (secondary N) is 2. The molecule has 2 saturated heterocycles. The molecular formula is C25H26N6O11P2. The van der Waals surface area contributed by atoms with Gasteiger partial charge in [0, 0.05) is 12.1 Å². The Balaban J connectivity index is 1.24. The van der Waals surface area contributed by atoms with Crippen LogP contribution in [0.3, 0.4) is 0 Å². The molecule has 0 saturated carbocycles. The monoisotopic (exact) mass is 648 g/mol. The highest BCUT2D eigenvalue weighted by atomic mass is 31.3. The van der Waals surface area contributed by atoms with Gasteiger partial charge in [0.1, 0.15) is 24.6 Å². The number of urea groups is 1. The first kappa shape index (κ1) is 30.4. The van der Waals surface area contributed by atoms with E-state index in [4.69, 9.17) is 28.5 Å². The molecule has 17 nitrogen and oxygen atoms in total. The molecule has 0 radical (unpaired) electrons. The minimum absolute atomic E-state index is 0.123. The molecule has 2 aliphatic heterocycles. The van der Waals surface area contributed by atoms with Gasteiger partial charge in [-0.2, -0.15) is 4.31 Å². The minimum Gasteiger partial charge on any atom is -0.347 e. The number of anilines is 2. The summed E-state index contributed by atoms with van der Waals surface area (Å²) in [5.74, 6) is 0.123. The molecule has 4 heterocycles. The van der Waals surface area contributed by atoms with E-state index in [9.17, 15) is 18.8 Å². The zero-order valence-electron chi connectivity index (χ0n) is 22.5. The van der Waals surface area contributed by atoms with Crippen molar-refractivity contribution in [1.82, 2.24) is 19.5 Å². The highest BCUT2D eigenvalue weighted by Gasteiger charge is 2.54. The van der Waals surface area contributed by atoms with Crippen LogP contribution in [0.4, 0.5) is 16.3 Å². The SMILES string of the molecule is O=C(Nc1ccccc1)Nc1ncnc2c1ncn2[C@@H]1O[C@H](COP(=O)(O)OP(=O)(O)O)[C@H]2OC(Cc3ccccc3)O[C@H]21. The number of para-hydroxylation sites is 1. The zero-order chi connectivity index (χ0) is 30.9. The van der Waals surface area contributed by atoms with Crippen molar-refractivity contribution in [2.24, 2.45) is 0 Å². The van der Waals surface area contributed by atoms with Gasteiger partial charge in [-0.1, -0.05) is 48.5 Å². The number of phosphoric ester groups is 1. The molecule has 0 bridgehead atoms. The molecular weight excluding hydrogens is 622 g/mol. The average Bonchev–Trinajstić information content (AvgIpc) is 3.66. The van der Waals surface area contributed by atoms with Gasteiger partial charge in [0.05, 0.1) is 12.9 Å². The Hall–Kier alpha value is -3.60. The number of ether oxygens (including phenoxy) is 3. The highest BCUT2D eigenvalue weighted by molar-refractivity contribution is 7.60. The van der Waals surface area contributed by atoms with Crippen LogP contribution in [0.15, 0.2) is 73.3 Å². The van der Waals surface area contributed by atoms with Crippen molar-refractivity contribution in [2.75, 3.05) is 17.2 Å². The number of fused-ring (bicyclic) bond motifs is 2. The molecule has 0 spiro atoms. The molecule has 5 N–H and O–H groups in total. The van der Waals surface area contributed by atoms with Gasteiger partial charge < -0.3 is 34.2 Å². The fourth-order valence-corrected chi connectivity index (χ4v) is 6.51. The van der Waals surface area contributed by atoms with Crippen molar-refractivity contribution < 1.29 is 51.6 Å². The van der Waals surface area contributed by atoms with Crippen LogP contribution in [0.25, 0.3) is 11.2 Å². The molecule has 2 amide bonds. The first-order chi connectivity index (χ1) is 21.0. The molecule has 232 valence electrons. The van der Waals surface area contributed by atoms with Gasteiger partial charge >= 0.3 is 21.7 Å². The highest BCUT2D eigenvalue weighted by Crippen LogP contribution is 2.58. The zero-order valence-corrected chi connectivity index (χ0v) is 24.3. The largest absolute Gasteiger partial charge is 0.481 e. The van der Waals surface area contributed by atoms with Gasteiger partial charge in [0.25, 0.3) is 0 Å². The number of nitrogens with zero attached hydrogens (tertiary/aromatic N) is 4. The lowest BCUT2D eigenvalue weighted by molar-refractivity contribution is -0.149. The summed E-state index contributed by atoms with van der Waals surface area (Å²) in [6.45, 7) is -0.638. The number of aromatic nitrogens is 4. The number of rotatable bonds is 10. The van der Waals surface area contributed by atoms with Gasteiger partial charge in [-0.15, -0.1) is 0 Å². The van der Waals surface area contributed by atoms with E-state index in [0.29, 0.717) is 12.1 Å². The van der Waals surface area contributed by atoms with Crippen LogP contribution >= 0.6 is 15.6 Å². The fraction of sp³-hybridized carbons (Fsp3) is 0.280. The number of imidazole rings is 1. The van der Waals surface area contributed by atoms with Crippen LogP contribution in [0.1, 0.15) is 11.8 Å². The Bertz CT molecular complexity index is 1720. The van der Waals surface area contributed by atoms with Gasteiger partial charge in [-0.3, -0.25) is 14.4 Å². The van der Waals surface area contributed by atoms with Crippen molar-refractivity contribution in [3.05, 3.63) is 78.9 Å². The van der Waals surface area contributed by atoms with Crippen molar-refractivity contribution >= 4 is 44.3 Å². The van der Waals surface area contributed by atoms with E-state index < -0.39 is 59.1 Å². The van der Waals surface area contributed by atoms with Crippen LogP contribution in [0.2, 0.25) is 0 Å². The molecule has 2 aromatic carbocycles. The van der Waals surface area contributed by atoms with Crippen molar-refractivity contribution in [3.8, 4) is 0 Å². The van der Waals surface area contributed by atoms with Gasteiger partial charge in [-0.25, -0.2) is 28.9 Å². The summed E-state index contributed by atoms with van der Waals surface area (Å²) < 4.78 is 51.9. The smallest absolute Gasteiger partial charge is 0.347 e. The molecule has 2 unspecified atom stereocenters. The number of phosphoric acid groups is 2. The number of amides is 2. The summed E-state index contributed by atoms with van der Waals surface area (Å²) in [5.41, 5.74) is 2.02. The molecule has 2 fully saturated rings. The maximum absolute atomic E-state index is 12.6. The Morgan fingerprint density at radius 2 is 1.61 bits per heavy atom. The molecule has 0 aliphatic carbocycles. The molecule has 44 heavy (non-hydrogen) atoms. The molecule has 4 aromatic rings. The fourth-order valence-electron chi connectivity index (χ4n) is 4.91. The number of benzene rings is 2. The minimum atomic E-state index is -5.33. The summed E-state index contributed by atoms with van der Waals surface area (Å²) in [7, 11) is -10.5. The van der Waals surface area contributed by atoms with E-state index in [1.54, 1.807) is 24.3 Å². The first-order valence-electron chi connectivity index (χ1n) is 13.1. The lowest BCUT2D eigenvalue weighted by Crippen LogP contribution is -2.31. The van der Waals surface area contributed by atoms with Crippen LogP contribution in [-0.2, 0) is 38.6 Å². The van der Waals surface area contributed by atoms with Crippen LogP contribution in [0, 0.1) is 0 Å². The van der Waals surface area contributed by atoms with Crippen LogP contribution in [-0.4, -0.2) is 71.4 Å².